The molecule has 0 spiro atoms. The first-order chi connectivity index (χ1) is 5.97. The van der Waals surface area contributed by atoms with Crippen LogP contribution in [0.5, 0.6) is 0 Å². The minimum absolute atomic E-state index is 0. The first-order valence-corrected chi connectivity index (χ1v) is 3.48. The Kier molecular flexibility index (Phi) is 4.12. The number of aromatic nitrogens is 3. The zero-order valence-electron chi connectivity index (χ0n) is 6.81. The molecule has 3 nitrogen and oxygen atoms in total. The van der Waals surface area contributed by atoms with Crippen molar-refractivity contribution in [3.05, 3.63) is 43.0 Å². The molecule has 0 N–H and O–H groups in total. The smallest absolute Gasteiger partial charge is 0 e. The van der Waals surface area contributed by atoms with E-state index in [0.717, 1.165) is 11.1 Å². The van der Waals surface area contributed by atoms with Crippen LogP contribution in [0.1, 0.15) is 0 Å². The van der Waals surface area contributed by atoms with Gasteiger partial charge in [-0.1, -0.05) is 12.4 Å². The summed E-state index contributed by atoms with van der Waals surface area (Å²) in [7, 11) is 0. The van der Waals surface area contributed by atoms with Crippen molar-refractivity contribution in [2.75, 3.05) is 0 Å². The molecule has 2 aromatic heterocycles. The van der Waals surface area contributed by atoms with E-state index in [2.05, 4.69) is 27.4 Å². The van der Waals surface area contributed by atoms with Crippen LogP contribution < -0.4 is 0 Å². The van der Waals surface area contributed by atoms with Gasteiger partial charge >= 0.3 is 0 Å². The molecule has 0 aromatic carbocycles. The van der Waals surface area contributed by atoms with Crippen LogP contribution in [0, 0.1) is 12.3 Å². The van der Waals surface area contributed by atoms with E-state index in [1.165, 1.54) is 6.20 Å². The molecule has 2 heterocycles. The molecule has 4 heteroatoms. The quantitative estimate of drug-likeness (QED) is 0.706. The van der Waals surface area contributed by atoms with Crippen molar-refractivity contribution >= 4 is 0 Å². The van der Waals surface area contributed by atoms with Crippen molar-refractivity contribution in [3.63, 3.8) is 0 Å². The predicted molar refractivity (Wildman–Crippen MR) is 42.9 cm³/mol. The van der Waals surface area contributed by atoms with Gasteiger partial charge in [-0.2, -0.15) is 11.2 Å². The summed E-state index contributed by atoms with van der Waals surface area (Å²) in [5, 5.41) is 7.36. The van der Waals surface area contributed by atoms with Crippen LogP contribution in [0.25, 0.3) is 11.1 Å². The first kappa shape index (κ1) is 10.4. The first-order valence-electron chi connectivity index (χ1n) is 3.48. The van der Waals surface area contributed by atoms with Crippen LogP contribution in [-0.2, 0) is 32.7 Å². The molecule has 0 saturated carbocycles. The third kappa shape index (κ3) is 2.64. The largest absolute Gasteiger partial charge is 0.374 e. The van der Waals surface area contributed by atoms with Crippen molar-refractivity contribution in [3.8, 4) is 11.1 Å². The number of hydrogen-bond donors (Lipinski definition) is 0. The van der Waals surface area contributed by atoms with E-state index in [4.69, 9.17) is 0 Å². The third-order valence-electron chi connectivity index (χ3n) is 1.43. The summed E-state index contributed by atoms with van der Waals surface area (Å²) in [6.07, 6.45) is 7.67. The van der Waals surface area contributed by atoms with Crippen molar-refractivity contribution < 1.29 is 32.7 Å². The van der Waals surface area contributed by atoms with Crippen molar-refractivity contribution in [2.24, 2.45) is 0 Å². The second-order valence-corrected chi connectivity index (χ2v) is 2.21. The average Bonchev–Trinajstić information content (AvgIpc) is 2.21. The van der Waals surface area contributed by atoms with E-state index >= 15 is 0 Å². The van der Waals surface area contributed by atoms with E-state index in [-0.39, 0.29) is 32.7 Å². The van der Waals surface area contributed by atoms with Crippen LogP contribution in [0.2, 0.25) is 0 Å². The standard InChI is InChI=1S/C9H5N3.Y/c1-2-8(6-10-4-1)9-3-5-11-12-7-9;/h1-2,4-5,7H;/q-2;. The molecule has 2 aromatic rings. The third-order valence-corrected chi connectivity index (χ3v) is 1.43. The van der Waals surface area contributed by atoms with E-state index in [9.17, 15) is 0 Å². The Morgan fingerprint density at radius 1 is 1.15 bits per heavy atom. The zero-order valence-corrected chi connectivity index (χ0v) is 9.64. The second-order valence-electron chi connectivity index (χ2n) is 2.21. The van der Waals surface area contributed by atoms with Crippen LogP contribution in [0.15, 0.2) is 30.7 Å². The summed E-state index contributed by atoms with van der Waals surface area (Å²) in [6, 6.07) is 6.69. The molecule has 0 saturated heterocycles. The molecular weight excluding hydrogens is 239 g/mol. The number of rotatable bonds is 1. The zero-order chi connectivity index (χ0) is 8.23. The molecule has 0 aliphatic carbocycles. The van der Waals surface area contributed by atoms with Gasteiger partial charge in [0.1, 0.15) is 0 Å². The maximum Gasteiger partial charge on any atom is 0 e. The van der Waals surface area contributed by atoms with Crippen LogP contribution >= 0.6 is 0 Å². The fraction of sp³-hybridized carbons (Fsp3) is 0. The van der Waals surface area contributed by atoms with Gasteiger partial charge in [0.2, 0.25) is 0 Å². The molecule has 0 fully saturated rings. The molecule has 0 bridgehead atoms. The van der Waals surface area contributed by atoms with Gasteiger partial charge in [-0.25, -0.2) is 22.3 Å². The van der Waals surface area contributed by atoms with Crippen molar-refractivity contribution in [1.82, 2.24) is 15.2 Å². The Morgan fingerprint density at radius 3 is 2.69 bits per heavy atom. The maximum atomic E-state index is 3.87. The van der Waals surface area contributed by atoms with Gasteiger partial charge in [-0.3, -0.25) is 0 Å². The second kappa shape index (κ2) is 5.15. The molecule has 1 radical (unpaired) electrons. The number of pyridine rings is 1. The van der Waals surface area contributed by atoms with Gasteiger partial charge in [0.25, 0.3) is 0 Å². The predicted octanol–water partition coefficient (Wildman–Crippen LogP) is 1.14. The molecule has 0 unspecified atom stereocenters. The SMILES string of the molecule is [Y].[c-]1ncccc1-c1[c-]cnnc1. The van der Waals surface area contributed by atoms with Crippen molar-refractivity contribution in [2.45, 2.75) is 0 Å². The van der Waals surface area contributed by atoms with Crippen molar-refractivity contribution in [1.29, 1.82) is 0 Å². The normalized spacial score (nSPS) is 8.92. The summed E-state index contributed by atoms with van der Waals surface area (Å²) >= 11 is 0. The van der Waals surface area contributed by atoms with Gasteiger partial charge in [0, 0.05) is 32.7 Å². The van der Waals surface area contributed by atoms with E-state index < -0.39 is 0 Å². The minimum atomic E-state index is 0. The van der Waals surface area contributed by atoms with Gasteiger partial charge in [0.05, 0.1) is 0 Å². The Balaban J connectivity index is 0.000000845. The Hall–Kier alpha value is -0.666. The summed E-state index contributed by atoms with van der Waals surface area (Å²) < 4.78 is 0. The summed E-state index contributed by atoms with van der Waals surface area (Å²) in [6.45, 7) is 0. The number of hydrogen-bond acceptors (Lipinski definition) is 3. The van der Waals surface area contributed by atoms with E-state index in [1.807, 2.05) is 12.1 Å². The van der Waals surface area contributed by atoms with Crippen LogP contribution in [0.4, 0.5) is 0 Å². The fourth-order valence-corrected chi connectivity index (χ4v) is 0.884. The monoisotopic (exact) mass is 244 g/mol. The molecule has 0 aliphatic heterocycles. The Bertz CT molecular complexity index is 312. The fourth-order valence-electron chi connectivity index (χ4n) is 0.884. The molecule has 2 rings (SSSR count). The Morgan fingerprint density at radius 2 is 2.08 bits per heavy atom. The topological polar surface area (TPSA) is 38.7 Å². The van der Waals surface area contributed by atoms with Crippen LogP contribution in [-0.4, -0.2) is 15.2 Å². The van der Waals surface area contributed by atoms with Gasteiger partial charge in [-0.05, 0) is 6.20 Å². The summed E-state index contributed by atoms with van der Waals surface area (Å²) in [5.41, 5.74) is 1.74. The molecule has 13 heavy (non-hydrogen) atoms. The summed E-state index contributed by atoms with van der Waals surface area (Å²) in [5.74, 6) is 0. The molecule has 0 atom stereocenters. The van der Waals surface area contributed by atoms with E-state index in [1.54, 1.807) is 12.4 Å². The van der Waals surface area contributed by atoms with Crippen LogP contribution in [0.3, 0.4) is 0 Å². The number of nitrogens with zero attached hydrogens (tertiary/aromatic N) is 3. The molecule has 61 valence electrons. The Labute approximate surface area is 101 Å². The molecule has 0 aliphatic rings. The van der Waals surface area contributed by atoms with Gasteiger partial charge < -0.3 is 4.98 Å². The maximum absolute atomic E-state index is 3.87. The molecule has 0 amide bonds. The summed E-state index contributed by atoms with van der Waals surface area (Å²) in [4.78, 5) is 3.87. The van der Waals surface area contributed by atoms with Gasteiger partial charge in [0.15, 0.2) is 0 Å². The van der Waals surface area contributed by atoms with E-state index in [0.29, 0.717) is 0 Å². The van der Waals surface area contributed by atoms with Gasteiger partial charge in [-0.15, -0.1) is 12.3 Å². The molecular formula is C9H5N3Y-2. The minimum Gasteiger partial charge on any atom is -0.374 e. The average molecular weight is 244 g/mol.